The van der Waals surface area contributed by atoms with Crippen LogP contribution in [0.1, 0.15) is 29.3 Å². The number of carboxylic acids is 1. The number of para-hydroxylation sites is 1. The van der Waals surface area contributed by atoms with Crippen molar-refractivity contribution in [3.63, 3.8) is 0 Å². The normalized spacial score (nSPS) is 17.0. The van der Waals surface area contributed by atoms with Gasteiger partial charge in [0.2, 0.25) is 0 Å². The van der Waals surface area contributed by atoms with Crippen LogP contribution in [0.25, 0.3) is 0 Å². The number of piperidine rings is 1. The molecular formula is C19H22ClNO4S. The van der Waals surface area contributed by atoms with Gasteiger partial charge >= 0.3 is 5.97 Å². The number of nitrogens with zero attached hydrogens (tertiary/aromatic N) is 1. The van der Waals surface area contributed by atoms with Gasteiger partial charge in [-0.25, -0.2) is 0 Å². The molecule has 1 aliphatic rings. The van der Waals surface area contributed by atoms with Gasteiger partial charge in [-0.3, -0.25) is 9.69 Å². The Morgan fingerprint density at radius 2 is 1.96 bits per heavy atom. The number of carboxylic acid groups (broad SMARTS) is 1. The number of halogens is 1. The maximum Gasteiger partial charge on any atom is 0.306 e. The first-order chi connectivity index (χ1) is 12.5. The van der Waals surface area contributed by atoms with Crippen molar-refractivity contribution >= 4 is 28.9 Å². The second-order valence-electron chi connectivity index (χ2n) is 6.28. The molecule has 1 aliphatic heterocycles. The smallest absolute Gasteiger partial charge is 0.306 e. The zero-order valence-electron chi connectivity index (χ0n) is 14.8. The number of hydrogen-bond acceptors (Lipinski definition) is 5. The van der Waals surface area contributed by atoms with Gasteiger partial charge in [0.25, 0.3) is 0 Å². The van der Waals surface area contributed by atoms with Crippen molar-refractivity contribution in [2.75, 3.05) is 27.3 Å². The Bertz CT molecular complexity index is 771. The Hall–Kier alpha value is -1.76. The molecule has 140 valence electrons. The number of ether oxygens (including phenoxy) is 2. The Morgan fingerprint density at radius 3 is 2.50 bits per heavy atom. The molecule has 1 fully saturated rings. The fourth-order valence-corrected chi connectivity index (χ4v) is 4.75. The SMILES string of the molecule is COc1cccc(C(c2ccc(Cl)s2)N2CCC(C(=O)O)CC2)c1OC. The molecule has 2 heterocycles. The lowest BCUT2D eigenvalue weighted by Crippen LogP contribution is -2.39. The van der Waals surface area contributed by atoms with Gasteiger partial charge in [-0.15, -0.1) is 11.3 Å². The molecule has 0 radical (unpaired) electrons. The second kappa shape index (κ2) is 8.29. The zero-order chi connectivity index (χ0) is 18.7. The molecule has 1 saturated heterocycles. The van der Waals surface area contributed by atoms with Crippen molar-refractivity contribution in [2.45, 2.75) is 18.9 Å². The number of benzene rings is 1. The van der Waals surface area contributed by atoms with Gasteiger partial charge in [-0.1, -0.05) is 23.7 Å². The largest absolute Gasteiger partial charge is 0.493 e. The molecule has 1 atom stereocenters. The van der Waals surface area contributed by atoms with E-state index in [9.17, 15) is 9.90 Å². The highest BCUT2D eigenvalue weighted by Crippen LogP contribution is 2.43. The summed E-state index contributed by atoms with van der Waals surface area (Å²) in [5, 5.41) is 9.28. The standard InChI is InChI=1S/C19H22ClNO4S/c1-24-14-5-3-4-13(18(14)25-2)17(15-6-7-16(20)26-15)21-10-8-12(9-11-21)19(22)23/h3-7,12,17H,8-11H2,1-2H3,(H,22,23). The average molecular weight is 396 g/mol. The third-order valence-corrected chi connectivity index (χ3v) is 6.12. The molecule has 1 aromatic carbocycles. The summed E-state index contributed by atoms with van der Waals surface area (Å²) < 4.78 is 11.8. The van der Waals surface area contributed by atoms with Crippen LogP contribution in [0.15, 0.2) is 30.3 Å². The minimum atomic E-state index is -0.709. The molecule has 0 aliphatic carbocycles. The Balaban J connectivity index is 1.99. The first-order valence-electron chi connectivity index (χ1n) is 8.48. The molecule has 26 heavy (non-hydrogen) atoms. The third-order valence-electron chi connectivity index (χ3n) is 4.84. The highest BCUT2D eigenvalue weighted by atomic mass is 35.5. The number of aliphatic carboxylic acids is 1. The summed E-state index contributed by atoms with van der Waals surface area (Å²) in [6, 6.07) is 9.72. The van der Waals surface area contributed by atoms with Crippen LogP contribution in [0.5, 0.6) is 11.5 Å². The quantitative estimate of drug-likeness (QED) is 0.789. The molecule has 1 unspecified atom stereocenters. The first kappa shape index (κ1) is 19.0. The molecule has 7 heteroatoms. The summed E-state index contributed by atoms with van der Waals surface area (Å²) in [6.45, 7) is 1.41. The Morgan fingerprint density at radius 1 is 1.23 bits per heavy atom. The third kappa shape index (κ3) is 3.82. The van der Waals surface area contributed by atoms with Crippen LogP contribution in [-0.2, 0) is 4.79 Å². The average Bonchev–Trinajstić information content (AvgIpc) is 3.08. The van der Waals surface area contributed by atoms with Gasteiger partial charge in [0, 0.05) is 10.4 Å². The van der Waals surface area contributed by atoms with Crippen LogP contribution in [0.3, 0.4) is 0 Å². The summed E-state index contributed by atoms with van der Waals surface area (Å²) in [4.78, 5) is 14.7. The van der Waals surface area contributed by atoms with Crippen molar-refractivity contribution in [3.05, 3.63) is 45.1 Å². The number of methoxy groups -OCH3 is 2. The van der Waals surface area contributed by atoms with Gasteiger partial charge in [0.1, 0.15) is 0 Å². The summed E-state index contributed by atoms with van der Waals surface area (Å²) in [5.74, 6) is 0.397. The van der Waals surface area contributed by atoms with E-state index < -0.39 is 5.97 Å². The molecule has 1 N–H and O–H groups in total. The van der Waals surface area contributed by atoms with Crippen LogP contribution < -0.4 is 9.47 Å². The number of carbonyl (C=O) groups is 1. The van der Waals surface area contributed by atoms with E-state index in [1.165, 1.54) is 11.3 Å². The summed E-state index contributed by atoms with van der Waals surface area (Å²) in [5.41, 5.74) is 0.999. The van der Waals surface area contributed by atoms with E-state index in [0.29, 0.717) is 37.4 Å². The van der Waals surface area contributed by atoms with E-state index in [1.54, 1.807) is 14.2 Å². The number of thiophene rings is 1. The van der Waals surface area contributed by atoms with Crippen molar-refractivity contribution in [2.24, 2.45) is 5.92 Å². The second-order valence-corrected chi connectivity index (χ2v) is 8.02. The van der Waals surface area contributed by atoms with Gasteiger partial charge in [0.15, 0.2) is 11.5 Å². The molecule has 5 nitrogen and oxygen atoms in total. The molecule has 1 aromatic heterocycles. The lowest BCUT2D eigenvalue weighted by Gasteiger charge is -2.37. The van der Waals surface area contributed by atoms with Crippen molar-refractivity contribution < 1.29 is 19.4 Å². The maximum absolute atomic E-state index is 11.3. The van der Waals surface area contributed by atoms with Gasteiger partial charge in [-0.2, -0.15) is 0 Å². The Kier molecular flexibility index (Phi) is 6.06. The van der Waals surface area contributed by atoms with E-state index in [4.69, 9.17) is 21.1 Å². The summed E-state index contributed by atoms with van der Waals surface area (Å²) >= 11 is 7.73. The van der Waals surface area contributed by atoms with Gasteiger partial charge in [0.05, 0.1) is 30.5 Å². The topological polar surface area (TPSA) is 59.0 Å². The van der Waals surface area contributed by atoms with E-state index in [0.717, 1.165) is 14.8 Å². The van der Waals surface area contributed by atoms with Crippen molar-refractivity contribution in [3.8, 4) is 11.5 Å². The van der Waals surface area contributed by atoms with Crippen LogP contribution >= 0.6 is 22.9 Å². The van der Waals surface area contributed by atoms with E-state index in [2.05, 4.69) is 4.90 Å². The van der Waals surface area contributed by atoms with Crippen molar-refractivity contribution in [1.29, 1.82) is 0 Å². The van der Waals surface area contributed by atoms with Gasteiger partial charge < -0.3 is 14.6 Å². The predicted molar refractivity (Wildman–Crippen MR) is 103 cm³/mol. The highest BCUT2D eigenvalue weighted by Gasteiger charge is 2.33. The summed E-state index contributed by atoms with van der Waals surface area (Å²) in [6.07, 6.45) is 1.27. The molecule has 3 rings (SSSR count). The van der Waals surface area contributed by atoms with Crippen LogP contribution in [0.4, 0.5) is 0 Å². The van der Waals surface area contributed by atoms with Gasteiger partial charge in [-0.05, 0) is 44.1 Å². The minimum absolute atomic E-state index is 0.0488. The molecule has 0 amide bonds. The fourth-order valence-electron chi connectivity index (χ4n) is 3.54. The lowest BCUT2D eigenvalue weighted by atomic mass is 9.93. The van der Waals surface area contributed by atoms with E-state index >= 15 is 0 Å². The predicted octanol–water partition coefficient (Wildman–Crippen LogP) is 4.30. The summed E-state index contributed by atoms with van der Waals surface area (Å²) in [7, 11) is 3.26. The molecule has 2 aromatic rings. The Labute approximate surface area is 162 Å². The lowest BCUT2D eigenvalue weighted by molar-refractivity contribution is -0.143. The zero-order valence-corrected chi connectivity index (χ0v) is 16.3. The molecule has 0 spiro atoms. The fraction of sp³-hybridized carbons (Fsp3) is 0.421. The number of likely N-dealkylation sites (tertiary alicyclic amines) is 1. The molecule has 0 saturated carbocycles. The maximum atomic E-state index is 11.3. The highest BCUT2D eigenvalue weighted by molar-refractivity contribution is 7.16. The number of hydrogen-bond donors (Lipinski definition) is 1. The molecular weight excluding hydrogens is 374 g/mol. The first-order valence-corrected chi connectivity index (χ1v) is 9.67. The number of rotatable bonds is 6. The van der Waals surface area contributed by atoms with Crippen LogP contribution in [0.2, 0.25) is 4.34 Å². The van der Waals surface area contributed by atoms with Crippen LogP contribution in [0, 0.1) is 5.92 Å². The molecule has 0 bridgehead atoms. The van der Waals surface area contributed by atoms with Crippen LogP contribution in [-0.4, -0.2) is 43.3 Å². The van der Waals surface area contributed by atoms with Crippen molar-refractivity contribution in [1.82, 2.24) is 4.90 Å². The van der Waals surface area contributed by atoms with E-state index in [1.807, 2.05) is 30.3 Å². The minimum Gasteiger partial charge on any atom is -0.493 e. The monoisotopic (exact) mass is 395 g/mol. The van der Waals surface area contributed by atoms with E-state index in [-0.39, 0.29) is 12.0 Å².